The summed E-state index contributed by atoms with van der Waals surface area (Å²) < 4.78 is 15.0. The summed E-state index contributed by atoms with van der Waals surface area (Å²) in [7, 11) is 0. The van der Waals surface area contributed by atoms with Gasteiger partial charge in [0.1, 0.15) is 5.82 Å². The Balaban J connectivity index is 2.36. The standard InChI is InChI=1S/C13H8Br2ClF/c14-10-3-1-8(2-4-10)13(16)9-5-11(15)7-12(17)6-9/h1-7,13H. The van der Waals surface area contributed by atoms with Crippen molar-refractivity contribution in [2.24, 2.45) is 0 Å². The summed E-state index contributed by atoms with van der Waals surface area (Å²) in [6, 6.07) is 12.3. The first-order valence-corrected chi connectivity index (χ1v) is 6.94. The molecule has 0 bridgehead atoms. The molecule has 0 nitrogen and oxygen atoms in total. The fourth-order valence-electron chi connectivity index (χ4n) is 1.55. The quantitative estimate of drug-likeness (QED) is 0.590. The summed E-state index contributed by atoms with van der Waals surface area (Å²) in [6.45, 7) is 0. The van der Waals surface area contributed by atoms with Gasteiger partial charge in [0, 0.05) is 8.95 Å². The van der Waals surface area contributed by atoms with Gasteiger partial charge in [-0.05, 0) is 41.5 Å². The zero-order valence-electron chi connectivity index (χ0n) is 8.63. The molecule has 0 aromatic heterocycles. The molecule has 88 valence electrons. The van der Waals surface area contributed by atoms with Gasteiger partial charge in [0.2, 0.25) is 0 Å². The van der Waals surface area contributed by atoms with Gasteiger partial charge >= 0.3 is 0 Å². The lowest BCUT2D eigenvalue weighted by molar-refractivity contribution is 0.625. The molecule has 0 radical (unpaired) electrons. The number of halogens is 4. The highest BCUT2D eigenvalue weighted by Gasteiger charge is 2.12. The van der Waals surface area contributed by atoms with Gasteiger partial charge in [-0.2, -0.15) is 0 Å². The Hall–Kier alpha value is -0.380. The molecule has 2 rings (SSSR count). The maximum absolute atomic E-state index is 13.3. The molecule has 2 aromatic rings. The molecule has 0 saturated carbocycles. The average Bonchev–Trinajstić information content (AvgIpc) is 2.28. The fraction of sp³-hybridized carbons (Fsp3) is 0.0769. The number of alkyl halides is 1. The van der Waals surface area contributed by atoms with E-state index in [2.05, 4.69) is 31.9 Å². The van der Waals surface area contributed by atoms with E-state index in [1.807, 2.05) is 30.3 Å². The second-order valence-electron chi connectivity index (χ2n) is 3.62. The first kappa shape index (κ1) is 13.1. The van der Waals surface area contributed by atoms with E-state index < -0.39 is 0 Å². The van der Waals surface area contributed by atoms with E-state index in [0.29, 0.717) is 4.47 Å². The van der Waals surface area contributed by atoms with Crippen molar-refractivity contribution in [3.63, 3.8) is 0 Å². The normalized spacial score (nSPS) is 12.5. The van der Waals surface area contributed by atoms with E-state index in [4.69, 9.17) is 11.6 Å². The molecule has 0 fully saturated rings. The van der Waals surface area contributed by atoms with Crippen LogP contribution in [0.5, 0.6) is 0 Å². The summed E-state index contributed by atoms with van der Waals surface area (Å²) in [5.74, 6) is -0.294. The van der Waals surface area contributed by atoms with Crippen LogP contribution in [0.15, 0.2) is 51.4 Å². The molecular weight excluding hydrogens is 370 g/mol. The molecule has 0 N–H and O–H groups in total. The van der Waals surface area contributed by atoms with Crippen molar-refractivity contribution in [3.05, 3.63) is 68.4 Å². The summed E-state index contributed by atoms with van der Waals surface area (Å²) in [4.78, 5) is 0. The van der Waals surface area contributed by atoms with Gasteiger partial charge in [0.25, 0.3) is 0 Å². The Morgan fingerprint density at radius 1 is 0.882 bits per heavy atom. The second kappa shape index (κ2) is 5.51. The molecule has 2 aromatic carbocycles. The molecule has 4 heteroatoms. The minimum absolute atomic E-state index is 0.294. The van der Waals surface area contributed by atoms with Crippen molar-refractivity contribution in [2.75, 3.05) is 0 Å². The van der Waals surface area contributed by atoms with Crippen molar-refractivity contribution >= 4 is 43.5 Å². The van der Waals surface area contributed by atoms with Gasteiger partial charge < -0.3 is 0 Å². The summed E-state index contributed by atoms with van der Waals surface area (Å²) in [5.41, 5.74) is 1.67. The molecular formula is C13H8Br2ClF. The second-order valence-corrected chi connectivity index (χ2v) is 5.88. The molecule has 17 heavy (non-hydrogen) atoms. The first-order valence-electron chi connectivity index (χ1n) is 4.92. The molecule has 0 saturated heterocycles. The minimum Gasteiger partial charge on any atom is -0.207 e. The predicted molar refractivity (Wildman–Crippen MR) is 75.9 cm³/mol. The van der Waals surface area contributed by atoms with Crippen LogP contribution in [-0.4, -0.2) is 0 Å². The minimum atomic E-state index is -0.352. The van der Waals surface area contributed by atoms with E-state index in [0.717, 1.165) is 15.6 Å². The first-order chi connectivity index (χ1) is 8.06. The monoisotopic (exact) mass is 376 g/mol. The van der Waals surface area contributed by atoms with E-state index >= 15 is 0 Å². The van der Waals surface area contributed by atoms with Crippen molar-refractivity contribution in [1.29, 1.82) is 0 Å². The Morgan fingerprint density at radius 3 is 2.12 bits per heavy atom. The summed E-state index contributed by atoms with van der Waals surface area (Å²) >= 11 is 12.9. The van der Waals surface area contributed by atoms with E-state index in [9.17, 15) is 4.39 Å². The smallest absolute Gasteiger partial charge is 0.124 e. The van der Waals surface area contributed by atoms with E-state index in [-0.39, 0.29) is 11.2 Å². The van der Waals surface area contributed by atoms with Crippen LogP contribution in [0.4, 0.5) is 4.39 Å². The molecule has 0 heterocycles. The van der Waals surface area contributed by atoms with E-state index in [1.165, 1.54) is 12.1 Å². The van der Waals surface area contributed by atoms with Crippen molar-refractivity contribution in [2.45, 2.75) is 5.38 Å². The fourth-order valence-corrected chi connectivity index (χ4v) is 2.56. The molecule has 0 spiro atoms. The number of rotatable bonds is 2. The Kier molecular flexibility index (Phi) is 4.23. The van der Waals surface area contributed by atoms with Gasteiger partial charge in [-0.15, -0.1) is 11.6 Å². The van der Waals surface area contributed by atoms with E-state index in [1.54, 1.807) is 0 Å². The zero-order chi connectivity index (χ0) is 12.4. The highest BCUT2D eigenvalue weighted by atomic mass is 79.9. The van der Waals surface area contributed by atoms with Gasteiger partial charge in [-0.25, -0.2) is 4.39 Å². The van der Waals surface area contributed by atoms with Crippen LogP contribution in [0.25, 0.3) is 0 Å². The van der Waals surface area contributed by atoms with Gasteiger partial charge in [-0.1, -0.05) is 44.0 Å². The van der Waals surface area contributed by atoms with Gasteiger partial charge in [-0.3, -0.25) is 0 Å². The van der Waals surface area contributed by atoms with Gasteiger partial charge in [0.05, 0.1) is 5.38 Å². The highest BCUT2D eigenvalue weighted by molar-refractivity contribution is 9.10. The Morgan fingerprint density at radius 2 is 1.53 bits per heavy atom. The third kappa shape index (κ3) is 3.30. The molecule has 1 unspecified atom stereocenters. The molecule has 0 aliphatic carbocycles. The summed E-state index contributed by atoms with van der Waals surface area (Å²) in [6.07, 6.45) is 0. The van der Waals surface area contributed by atoms with Crippen LogP contribution >= 0.6 is 43.5 Å². The van der Waals surface area contributed by atoms with Crippen LogP contribution in [0.1, 0.15) is 16.5 Å². The summed E-state index contributed by atoms with van der Waals surface area (Å²) in [5, 5.41) is -0.352. The SMILES string of the molecule is Fc1cc(Br)cc(C(Cl)c2ccc(Br)cc2)c1. The van der Waals surface area contributed by atoms with Crippen LogP contribution in [0.3, 0.4) is 0 Å². The largest absolute Gasteiger partial charge is 0.207 e. The van der Waals surface area contributed by atoms with Crippen molar-refractivity contribution < 1.29 is 4.39 Å². The maximum Gasteiger partial charge on any atom is 0.124 e. The third-order valence-electron chi connectivity index (χ3n) is 2.34. The Bertz CT molecular complexity index is 505. The van der Waals surface area contributed by atoms with Crippen LogP contribution in [0.2, 0.25) is 0 Å². The molecule has 0 aliphatic heterocycles. The highest BCUT2D eigenvalue weighted by Crippen LogP contribution is 2.31. The lowest BCUT2D eigenvalue weighted by atomic mass is 10.0. The average molecular weight is 378 g/mol. The molecule has 1 atom stereocenters. The topological polar surface area (TPSA) is 0 Å². The zero-order valence-corrected chi connectivity index (χ0v) is 12.6. The molecule has 0 aliphatic rings. The maximum atomic E-state index is 13.3. The lowest BCUT2D eigenvalue weighted by Crippen LogP contribution is -1.94. The van der Waals surface area contributed by atoms with Crippen LogP contribution < -0.4 is 0 Å². The van der Waals surface area contributed by atoms with Crippen molar-refractivity contribution in [3.8, 4) is 0 Å². The van der Waals surface area contributed by atoms with Crippen LogP contribution in [0, 0.1) is 5.82 Å². The number of benzene rings is 2. The third-order valence-corrected chi connectivity index (χ3v) is 3.83. The number of hydrogen-bond donors (Lipinski definition) is 0. The van der Waals surface area contributed by atoms with Crippen LogP contribution in [-0.2, 0) is 0 Å². The molecule has 0 amide bonds. The Labute approximate surface area is 121 Å². The predicted octanol–water partition coefficient (Wildman–Crippen LogP) is 5.68. The lowest BCUT2D eigenvalue weighted by Gasteiger charge is -2.11. The van der Waals surface area contributed by atoms with Gasteiger partial charge in [0.15, 0.2) is 0 Å². The number of hydrogen-bond acceptors (Lipinski definition) is 0. The van der Waals surface area contributed by atoms with Crippen molar-refractivity contribution in [1.82, 2.24) is 0 Å².